The van der Waals surface area contributed by atoms with Gasteiger partial charge < -0.3 is 15.3 Å². The molecule has 19 heavy (non-hydrogen) atoms. The van der Waals surface area contributed by atoms with E-state index in [0.717, 1.165) is 37.8 Å². The summed E-state index contributed by atoms with van der Waals surface area (Å²) in [4.78, 5) is 14.3. The largest absolute Gasteiger partial charge is 0.392 e. The third-order valence-electron chi connectivity index (χ3n) is 4.48. The first kappa shape index (κ1) is 14.8. The monoisotopic (exact) mass is 268 g/mol. The predicted octanol–water partition coefficient (Wildman–Crippen LogP) is 1.38. The molecule has 2 rings (SSSR count). The minimum absolute atomic E-state index is 0.151. The molecule has 0 aliphatic carbocycles. The SMILES string of the molecule is CC(C)CCC1CCN(C(=O)[C@@H]2C[C@@H](O)CN2)CC1. The standard InChI is InChI=1S/C15H28N2O2/c1-11(2)3-4-12-5-7-17(8-6-12)15(19)14-9-13(18)10-16-14/h11-14,16,18H,3-10H2,1-2H3/t13-,14+/m1/s1. The normalized spacial score (nSPS) is 29.2. The average molecular weight is 268 g/mol. The van der Waals surface area contributed by atoms with Crippen LogP contribution in [0.4, 0.5) is 0 Å². The molecule has 1 amide bonds. The highest BCUT2D eigenvalue weighted by atomic mass is 16.3. The van der Waals surface area contributed by atoms with Crippen LogP contribution in [-0.4, -0.2) is 47.7 Å². The predicted molar refractivity (Wildman–Crippen MR) is 75.8 cm³/mol. The summed E-state index contributed by atoms with van der Waals surface area (Å²) in [6.07, 6.45) is 5.13. The van der Waals surface area contributed by atoms with Gasteiger partial charge in [0.05, 0.1) is 12.1 Å². The molecule has 2 fully saturated rings. The highest BCUT2D eigenvalue weighted by Crippen LogP contribution is 2.24. The number of aliphatic hydroxyl groups excluding tert-OH is 1. The number of β-amino-alcohol motifs (C(OH)–C–C–N with tert-alkyl or cyclic N) is 1. The Balaban J connectivity index is 1.72. The summed E-state index contributed by atoms with van der Waals surface area (Å²) in [5.74, 6) is 1.77. The maximum absolute atomic E-state index is 12.3. The van der Waals surface area contributed by atoms with E-state index in [0.29, 0.717) is 13.0 Å². The summed E-state index contributed by atoms with van der Waals surface area (Å²) in [6.45, 7) is 6.90. The second-order valence-electron chi connectivity index (χ2n) is 6.59. The lowest BCUT2D eigenvalue weighted by Crippen LogP contribution is -2.47. The minimum atomic E-state index is -0.350. The Morgan fingerprint density at radius 3 is 2.58 bits per heavy atom. The molecular weight excluding hydrogens is 240 g/mol. The molecule has 0 aromatic rings. The molecule has 2 saturated heterocycles. The van der Waals surface area contributed by atoms with Crippen molar-refractivity contribution in [3.8, 4) is 0 Å². The number of likely N-dealkylation sites (tertiary alicyclic amines) is 1. The van der Waals surface area contributed by atoms with Crippen LogP contribution in [-0.2, 0) is 4.79 Å². The van der Waals surface area contributed by atoms with Gasteiger partial charge in [0.1, 0.15) is 0 Å². The molecule has 4 heteroatoms. The summed E-state index contributed by atoms with van der Waals surface area (Å²) < 4.78 is 0. The number of nitrogens with zero attached hydrogens (tertiary/aromatic N) is 1. The molecule has 2 atom stereocenters. The first-order chi connectivity index (χ1) is 9.06. The number of hydrogen-bond donors (Lipinski definition) is 2. The van der Waals surface area contributed by atoms with Gasteiger partial charge in [-0.3, -0.25) is 4.79 Å². The fourth-order valence-corrected chi connectivity index (χ4v) is 3.14. The van der Waals surface area contributed by atoms with Gasteiger partial charge in [-0.2, -0.15) is 0 Å². The summed E-state index contributed by atoms with van der Waals surface area (Å²) in [6, 6.07) is -0.151. The summed E-state index contributed by atoms with van der Waals surface area (Å²) in [7, 11) is 0. The van der Waals surface area contributed by atoms with E-state index in [-0.39, 0.29) is 18.1 Å². The van der Waals surface area contributed by atoms with Crippen molar-refractivity contribution in [2.45, 2.75) is 58.1 Å². The second-order valence-corrected chi connectivity index (χ2v) is 6.59. The van der Waals surface area contributed by atoms with Gasteiger partial charge in [-0.05, 0) is 31.1 Å². The maximum Gasteiger partial charge on any atom is 0.239 e. The molecule has 110 valence electrons. The number of nitrogens with one attached hydrogen (secondary N) is 1. The van der Waals surface area contributed by atoms with Crippen LogP contribution in [0.1, 0.15) is 46.0 Å². The van der Waals surface area contributed by atoms with Crippen LogP contribution in [0, 0.1) is 11.8 Å². The van der Waals surface area contributed by atoms with Crippen LogP contribution in [0.25, 0.3) is 0 Å². The zero-order chi connectivity index (χ0) is 13.8. The van der Waals surface area contributed by atoms with E-state index in [4.69, 9.17) is 0 Å². The van der Waals surface area contributed by atoms with Crippen LogP contribution in [0.5, 0.6) is 0 Å². The first-order valence-corrected chi connectivity index (χ1v) is 7.76. The third kappa shape index (κ3) is 4.18. The van der Waals surface area contributed by atoms with Gasteiger partial charge in [0.2, 0.25) is 5.91 Å². The van der Waals surface area contributed by atoms with Crippen LogP contribution < -0.4 is 5.32 Å². The number of rotatable bonds is 4. The van der Waals surface area contributed by atoms with Crippen molar-refractivity contribution in [1.82, 2.24) is 10.2 Å². The van der Waals surface area contributed by atoms with Gasteiger partial charge in [-0.25, -0.2) is 0 Å². The summed E-state index contributed by atoms with van der Waals surface area (Å²) in [5, 5.41) is 12.6. The molecule has 2 aliphatic heterocycles. The van der Waals surface area contributed by atoms with Crippen molar-refractivity contribution in [3.63, 3.8) is 0 Å². The Morgan fingerprint density at radius 1 is 1.37 bits per heavy atom. The lowest BCUT2D eigenvalue weighted by molar-refractivity contribution is -0.134. The van der Waals surface area contributed by atoms with E-state index in [1.54, 1.807) is 0 Å². The van der Waals surface area contributed by atoms with Gasteiger partial charge in [0.25, 0.3) is 0 Å². The fraction of sp³-hybridized carbons (Fsp3) is 0.933. The van der Waals surface area contributed by atoms with Crippen molar-refractivity contribution in [2.75, 3.05) is 19.6 Å². The van der Waals surface area contributed by atoms with E-state index in [1.807, 2.05) is 4.90 Å². The van der Waals surface area contributed by atoms with Crippen LogP contribution in [0.2, 0.25) is 0 Å². The van der Waals surface area contributed by atoms with Crippen LogP contribution in [0.15, 0.2) is 0 Å². The van der Waals surface area contributed by atoms with Crippen LogP contribution >= 0.6 is 0 Å². The van der Waals surface area contributed by atoms with E-state index in [1.165, 1.54) is 12.8 Å². The maximum atomic E-state index is 12.3. The van der Waals surface area contributed by atoms with E-state index < -0.39 is 0 Å². The average Bonchev–Trinajstić information content (AvgIpc) is 2.83. The van der Waals surface area contributed by atoms with Crippen LogP contribution in [0.3, 0.4) is 0 Å². The Kier molecular flexibility index (Phi) is 5.22. The molecular formula is C15H28N2O2. The Hall–Kier alpha value is -0.610. The molecule has 2 N–H and O–H groups in total. The number of carbonyl (C=O) groups is 1. The number of amides is 1. The summed E-state index contributed by atoms with van der Waals surface area (Å²) in [5.41, 5.74) is 0. The fourth-order valence-electron chi connectivity index (χ4n) is 3.14. The molecule has 0 saturated carbocycles. The molecule has 4 nitrogen and oxygen atoms in total. The molecule has 2 heterocycles. The molecule has 0 radical (unpaired) electrons. The van der Waals surface area contributed by atoms with Gasteiger partial charge in [-0.1, -0.05) is 26.7 Å². The number of piperidine rings is 1. The zero-order valence-corrected chi connectivity index (χ0v) is 12.3. The molecule has 0 bridgehead atoms. The summed E-state index contributed by atoms with van der Waals surface area (Å²) >= 11 is 0. The van der Waals surface area contributed by atoms with E-state index >= 15 is 0 Å². The minimum Gasteiger partial charge on any atom is -0.392 e. The third-order valence-corrected chi connectivity index (χ3v) is 4.48. The Morgan fingerprint density at radius 2 is 2.05 bits per heavy atom. The highest BCUT2D eigenvalue weighted by molar-refractivity contribution is 5.82. The number of aliphatic hydroxyl groups is 1. The molecule has 0 unspecified atom stereocenters. The molecule has 2 aliphatic rings. The zero-order valence-electron chi connectivity index (χ0n) is 12.3. The lowest BCUT2D eigenvalue weighted by atomic mass is 9.89. The van der Waals surface area contributed by atoms with E-state index in [2.05, 4.69) is 19.2 Å². The van der Waals surface area contributed by atoms with Gasteiger partial charge in [-0.15, -0.1) is 0 Å². The van der Waals surface area contributed by atoms with Gasteiger partial charge >= 0.3 is 0 Å². The Bertz CT molecular complexity index is 299. The first-order valence-electron chi connectivity index (χ1n) is 7.76. The quantitative estimate of drug-likeness (QED) is 0.810. The van der Waals surface area contributed by atoms with Crippen molar-refractivity contribution in [1.29, 1.82) is 0 Å². The Labute approximate surface area is 116 Å². The highest BCUT2D eigenvalue weighted by Gasteiger charge is 2.32. The van der Waals surface area contributed by atoms with E-state index in [9.17, 15) is 9.90 Å². The van der Waals surface area contributed by atoms with Crippen molar-refractivity contribution < 1.29 is 9.90 Å². The number of carbonyl (C=O) groups excluding carboxylic acids is 1. The second kappa shape index (κ2) is 6.71. The molecule has 0 aromatic heterocycles. The van der Waals surface area contributed by atoms with Gasteiger partial charge in [0.15, 0.2) is 0 Å². The molecule has 0 spiro atoms. The van der Waals surface area contributed by atoms with Crippen molar-refractivity contribution in [3.05, 3.63) is 0 Å². The smallest absolute Gasteiger partial charge is 0.239 e. The topological polar surface area (TPSA) is 52.6 Å². The number of hydrogen-bond acceptors (Lipinski definition) is 3. The lowest BCUT2D eigenvalue weighted by Gasteiger charge is -2.33. The van der Waals surface area contributed by atoms with Crippen molar-refractivity contribution >= 4 is 5.91 Å². The van der Waals surface area contributed by atoms with Crippen molar-refractivity contribution in [2.24, 2.45) is 11.8 Å². The van der Waals surface area contributed by atoms with Gasteiger partial charge in [0, 0.05) is 19.6 Å². The molecule has 0 aromatic carbocycles.